The fourth-order valence-electron chi connectivity index (χ4n) is 2.93. The first-order chi connectivity index (χ1) is 12.6. The molecule has 0 unspecified atom stereocenters. The molecule has 3 aromatic rings. The van der Waals surface area contributed by atoms with E-state index in [1.54, 1.807) is 23.9 Å². The van der Waals surface area contributed by atoms with Gasteiger partial charge in [0.1, 0.15) is 0 Å². The topological polar surface area (TPSA) is 78.0 Å². The predicted molar refractivity (Wildman–Crippen MR) is 111 cm³/mol. The number of hydrogen-bond donors (Lipinski definition) is 1. The van der Waals surface area contributed by atoms with Crippen molar-refractivity contribution in [3.8, 4) is 0 Å². The fraction of sp³-hybridized carbons (Fsp3) is 0.350. The Morgan fingerprint density at radius 3 is 2.33 bits per heavy atom. The van der Waals surface area contributed by atoms with Gasteiger partial charge in [0, 0.05) is 12.3 Å². The second-order valence-electron chi connectivity index (χ2n) is 7.57. The number of benzene rings is 2. The predicted octanol–water partition coefficient (Wildman–Crippen LogP) is 4.29. The summed E-state index contributed by atoms with van der Waals surface area (Å²) >= 11 is 1.65. The van der Waals surface area contributed by atoms with E-state index < -0.39 is 10.0 Å². The van der Waals surface area contributed by atoms with Gasteiger partial charge in [-0.25, -0.2) is 18.5 Å². The normalized spacial score (nSPS) is 12.6. The van der Waals surface area contributed by atoms with Crippen LogP contribution in [0.25, 0.3) is 11.0 Å². The Kier molecular flexibility index (Phi) is 5.38. The highest BCUT2D eigenvalue weighted by molar-refractivity contribution is 7.98. The molecule has 0 amide bonds. The molecule has 0 aliphatic heterocycles. The van der Waals surface area contributed by atoms with E-state index in [1.807, 2.05) is 0 Å². The Morgan fingerprint density at radius 1 is 1.11 bits per heavy atom. The lowest BCUT2D eigenvalue weighted by Gasteiger charge is -2.19. The Balaban J connectivity index is 1.86. The maximum absolute atomic E-state index is 11.6. The number of fused-ring (bicyclic) bond motifs is 1. The van der Waals surface area contributed by atoms with Crippen LogP contribution in [-0.4, -0.2) is 18.0 Å². The van der Waals surface area contributed by atoms with Crippen LogP contribution in [0.5, 0.6) is 0 Å². The third-order valence-corrected chi connectivity index (χ3v) is 6.48. The molecule has 2 N–H and O–H groups in total. The van der Waals surface area contributed by atoms with E-state index in [0.717, 1.165) is 23.0 Å². The van der Waals surface area contributed by atoms with E-state index in [2.05, 4.69) is 61.5 Å². The molecule has 1 aromatic heterocycles. The van der Waals surface area contributed by atoms with Crippen molar-refractivity contribution in [2.24, 2.45) is 5.14 Å². The third-order valence-electron chi connectivity index (χ3n) is 4.52. The summed E-state index contributed by atoms with van der Waals surface area (Å²) in [7, 11) is -3.73. The van der Waals surface area contributed by atoms with Gasteiger partial charge in [0.25, 0.3) is 0 Å². The molecule has 0 aliphatic rings. The van der Waals surface area contributed by atoms with Gasteiger partial charge in [-0.2, -0.15) is 0 Å². The number of rotatable bonds is 5. The highest BCUT2D eigenvalue weighted by Gasteiger charge is 2.15. The molecule has 27 heavy (non-hydrogen) atoms. The molecule has 1 heterocycles. The van der Waals surface area contributed by atoms with E-state index in [0.29, 0.717) is 5.52 Å². The van der Waals surface area contributed by atoms with E-state index >= 15 is 0 Å². The summed E-state index contributed by atoms with van der Waals surface area (Å²) in [6.45, 7) is 9.43. The van der Waals surface area contributed by atoms with Gasteiger partial charge in [-0.15, -0.1) is 0 Å². The van der Waals surface area contributed by atoms with Gasteiger partial charge in [-0.05, 0) is 41.7 Å². The summed E-state index contributed by atoms with van der Waals surface area (Å²) in [6.07, 6.45) is 0. The molecule has 2 aromatic carbocycles. The molecule has 0 saturated carbocycles. The first-order valence-electron chi connectivity index (χ1n) is 8.85. The minimum Gasteiger partial charge on any atom is -0.319 e. The lowest BCUT2D eigenvalue weighted by atomic mass is 9.87. The largest absolute Gasteiger partial charge is 0.319 e. The van der Waals surface area contributed by atoms with Gasteiger partial charge in [0.2, 0.25) is 10.0 Å². The SMILES string of the molecule is CCn1c(SCc2ccc(C(C)(C)C)cc2)nc2cc(S(N)(=O)=O)ccc21. The first-order valence-corrected chi connectivity index (χ1v) is 11.4. The van der Waals surface area contributed by atoms with Crippen molar-refractivity contribution in [2.75, 3.05) is 0 Å². The van der Waals surface area contributed by atoms with Gasteiger partial charge in [-0.1, -0.05) is 56.8 Å². The average molecular weight is 404 g/mol. The van der Waals surface area contributed by atoms with Crippen molar-refractivity contribution in [2.45, 2.75) is 55.5 Å². The molecular formula is C20H25N3O2S2. The number of primary sulfonamides is 1. The molecule has 5 nitrogen and oxygen atoms in total. The Labute approximate surface area is 165 Å². The van der Waals surface area contributed by atoms with E-state index in [9.17, 15) is 8.42 Å². The van der Waals surface area contributed by atoms with Gasteiger partial charge in [0.15, 0.2) is 5.16 Å². The summed E-state index contributed by atoms with van der Waals surface area (Å²) in [5.74, 6) is 0.801. The lowest BCUT2D eigenvalue weighted by molar-refractivity contribution is 0.590. The Bertz CT molecular complexity index is 1060. The van der Waals surface area contributed by atoms with Crippen LogP contribution in [0.2, 0.25) is 0 Å². The fourth-order valence-corrected chi connectivity index (χ4v) is 4.50. The quantitative estimate of drug-likeness (QED) is 0.645. The van der Waals surface area contributed by atoms with E-state index in [1.165, 1.54) is 17.2 Å². The van der Waals surface area contributed by atoms with Crippen LogP contribution >= 0.6 is 11.8 Å². The van der Waals surface area contributed by atoms with Gasteiger partial charge < -0.3 is 4.57 Å². The Hall–Kier alpha value is -1.83. The zero-order chi connectivity index (χ0) is 19.8. The monoisotopic (exact) mass is 403 g/mol. The molecule has 0 radical (unpaired) electrons. The zero-order valence-electron chi connectivity index (χ0n) is 16.1. The molecule has 0 atom stereocenters. The number of aryl methyl sites for hydroxylation is 1. The second-order valence-corrected chi connectivity index (χ2v) is 10.1. The number of imidazole rings is 1. The summed E-state index contributed by atoms with van der Waals surface area (Å²) in [5, 5.41) is 6.11. The molecule has 144 valence electrons. The number of aromatic nitrogens is 2. The highest BCUT2D eigenvalue weighted by Crippen LogP contribution is 2.29. The maximum atomic E-state index is 11.6. The van der Waals surface area contributed by atoms with Crippen LogP contribution < -0.4 is 5.14 Å². The average Bonchev–Trinajstić information content (AvgIpc) is 2.95. The van der Waals surface area contributed by atoms with E-state index in [4.69, 9.17) is 5.14 Å². The van der Waals surface area contributed by atoms with Crippen molar-refractivity contribution in [1.29, 1.82) is 0 Å². The van der Waals surface area contributed by atoms with Crippen LogP contribution in [0, 0.1) is 0 Å². The minimum absolute atomic E-state index is 0.0880. The van der Waals surface area contributed by atoms with Gasteiger partial charge >= 0.3 is 0 Å². The van der Waals surface area contributed by atoms with Crippen molar-refractivity contribution in [1.82, 2.24) is 9.55 Å². The number of sulfonamides is 1. The van der Waals surface area contributed by atoms with Crippen LogP contribution in [0.15, 0.2) is 52.5 Å². The van der Waals surface area contributed by atoms with Crippen molar-refractivity contribution >= 4 is 32.8 Å². The summed E-state index contributed by atoms with van der Waals surface area (Å²) < 4.78 is 25.3. The minimum atomic E-state index is -3.73. The molecule has 7 heteroatoms. The maximum Gasteiger partial charge on any atom is 0.238 e. The van der Waals surface area contributed by atoms with Crippen LogP contribution in [0.1, 0.15) is 38.8 Å². The summed E-state index contributed by atoms with van der Waals surface area (Å²) in [4.78, 5) is 4.72. The molecule has 0 fully saturated rings. The second kappa shape index (κ2) is 7.30. The zero-order valence-corrected chi connectivity index (χ0v) is 17.7. The standard InChI is InChI=1S/C20H25N3O2S2/c1-5-23-18-11-10-16(27(21,24)25)12-17(18)22-19(23)26-13-14-6-8-15(9-7-14)20(2,3)4/h6-12H,5,13H2,1-4H3,(H2,21,24,25). The van der Waals surface area contributed by atoms with Crippen LogP contribution in [-0.2, 0) is 27.7 Å². The van der Waals surface area contributed by atoms with Crippen molar-refractivity contribution in [3.05, 3.63) is 53.6 Å². The van der Waals surface area contributed by atoms with Crippen LogP contribution in [0.3, 0.4) is 0 Å². The summed E-state index contributed by atoms with van der Waals surface area (Å²) in [5.41, 5.74) is 4.24. The molecule has 0 saturated heterocycles. The highest BCUT2D eigenvalue weighted by atomic mass is 32.2. The van der Waals surface area contributed by atoms with Gasteiger partial charge in [-0.3, -0.25) is 0 Å². The lowest BCUT2D eigenvalue weighted by Crippen LogP contribution is -2.11. The molecule has 3 rings (SSSR count). The number of thioether (sulfide) groups is 1. The molecule has 0 bridgehead atoms. The molecule has 0 aliphatic carbocycles. The number of nitrogens with zero attached hydrogens (tertiary/aromatic N) is 2. The van der Waals surface area contributed by atoms with Crippen molar-refractivity contribution < 1.29 is 8.42 Å². The van der Waals surface area contributed by atoms with Crippen molar-refractivity contribution in [3.63, 3.8) is 0 Å². The molecular weight excluding hydrogens is 378 g/mol. The first kappa shape index (κ1) is 19.9. The van der Waals surface area contributed by atoms with Gasteiger partial charge in [0.05, 0.1) is 15.9 Å². The number of hydrogen-bond acceptors (Lipinski definition) is 4. The van der Waals surface area contributed by atoms with E-state index in [-0.39, 0.29) is 10.3 Å². The third kappa shape index (κ3) is 4.36. The van der Waals surface area contributed by atoms with Crippen LogP contribution in [0.4, 0.5) is 0 Å². The summed E-state index contributed by atoms with van der Waals surface area (Å²) in [6, 6.07) is 13.5. The smallest absolute Gasteiger partial charge is 0.238 e. The number of nitrogens with two attached hydrogens (primary N) is 1. The Morgan fingerprint density at radius 2 is 1.78 bits per heavy atom. The molecule has 0 spiro atoms.